The molecule has 0 spiro atoms. The molecule has 4 nitrogen and oxygen atoms in total. The van der Waals surface area contributed by atoms with Crippen LogP contribution >= 0.6 is 0 Å². The summed E-state index contributed by atoms with van der Waals surface area (Å²) in [5, 5.41) is 7.82. The van der Waals surface area contributed by atoms with Crippen LogP contribution in [0.1, 0.15) is 25.3 Å². The zero-order valence-corrected chi connectivity index (χ0v) is 11.0. The Hall–Kier alpha value is -0.870. The summed E-state index contributed by atoms with van der Waals surface area (Å²) in [7, 11) is 1.98. The van der Waals surface area contributed by atoms with Crippen LogP contribution in [0, 0.1) is 0 Å². The van der Waals surface area contributed by atoms with Crippen LogP contribution in [0.4, 0.5) is 0 Å². The molecule has 4 heteroatoms. The second kappa shape index (κ2) is 6.17. The lowest BCUT2D eigenvalue weighted by Gasteiger charge is -2.23. The van der Waals surface area contributed by atoms with Gasteiger partial charge in [0, 0.05) is 32.4 Å². The minimum Gasteiger partial charge on any atom is -0.313 e. The van der Waals surface area contributed by atoms with Crippen molar-refractivity contribution in [2.45, 2.75) is 32.2 Å². The van der Waals surface area contributed by atoms with Crippen molar-refractivity contribution >= 4 is 0 Å². The summed E-state index contributed by atoms with van der Waals surface area (Å²) in [5.41, 5.74) is 1.35. The molecule has 0 saturated carbocycles. The topological polar surface area (TPSA) is 33.1 Å². The Labute approximate surface area is 104 Å². The van der Waals surface area contributed by atoms with Gasteiger partial charge in [-0.3, -0.25) is 4.68 Å². The predicted octanol–water partition coefficient (Wildman–Crippen LogP) is 1.04. The normalized spacial score (nSPS) is 22.6. The second-order valence-electron chi connectivity index (χ2n) is 4.99. The van der Waals surface area contributed by atoms with Gasteiger partial charge in [-0.25, -0.2) is 0 Å². The SMILES string of the molecule is CCC1CN(CCc2cnn(C)c2)CCCN1. The zero-order chi connectivity index (χ0) is 12.1. The van der Waals surface area contributed by atoms with Crippen LogP contribution in [0.25, 0.3) is 0 Å². The first-order valence-electron chi connectivity index (χ1n) is 6.71. The lowest BCUT2D eigenvalue weighted by Crippen LogP contribution is -2.37. The molecule has 0 aromatic carbocycles. The Morgan fingerprint density at radius 2 is 2.41 bits per heavy atom. The molecule has 0 bridgehead atoms. The summed E-state index contributed by atoms with van der Waals surface area (Å²) in [5.74, 6) is 0. The number of rotatable bonds is 4. The molecule has 1 aromatic heterocycles. The largest absolute Gasteiger partial charge is 0.313 e. The first-order chi connectivity index (χ1) is 8.28. The minimum atomic E-state index is 0.673. The Kier molecular flexibility index (Phi) is 4.57. The van der Waals surface area contributed by atoms with Crippen LogP contribution in [-0.4, -0.2) is 46.9 Å². The maximum atomic E-state index is 4.22. The van der Waals surface area contributed by atoms with Crippen molar-refractivity contribution in [1.82, 2.24) is 20.0 Å². The average Bonchev–Trinajstić information content (AvgIpc) is 2.62. The molecule has 1 aliphatic rings. The fourth-order valence-corrected chi connectivity index (χ4v) is 2.44. The minimum absolute atomic E-state index is 0.673. The highest BCUT2D eigenvalue weighted by Gasteiger charge is 2.15. The number of nitrogens with one attached hydrogen (secondary N) is 1. The molecule has 0 radical (unpaired) electrons. The first-order valence-corrected chi connectivity index (χ1v) is 6.71. The van der Waals surface area contributed by atoms with Crippen molar-refractivity contribution in [1.29, 1.82) is 0 Å². The Morgan fingerprint density at radius 3 is 3.12 bits per heavy atom. The van der Waals surface area contributed by atoms with E-state index in [0.29, 0.717) is 6.04 Å². The molecule has 0 amide bonds. The van der Waals surface area contributed by atoms with E-state index >= 15 is 0 Å². The van der Waals surface area contributed by atoms with E-state index in [9.17, 15) is 0 Å². The van der Waals surface area contributed by atoms with Crippen LogP contribution in [-0.2, 0) is 13.5 Å². The molecular formula is C13H24N4. The molecule has 1 fully saturated rings. The van der Waals surface area contributed by atoms with E-state index in [4.69, 9.17) is 0 Å². The number of aromatic nitrogens is 2. The van der Waals surface area contributed by atoms with Gasteiger partial charge in [-0.2, -0.15) is 5.10 Å². The maximum Gasteiger partial charge on any atom is 0.0522 e. The van der Waals surface area contributed by atoms with E-state index in [2.05, 4.69) is 28.4 Å². The van der Waals surface area contributed by atoms with E-state index in [1.807, 2.05) is 17.9 Å². The van der Waals surface area contributed by atoms with Gasteiger partial charge in [0.25, 0.3) is 0 Å². The predicted molar refractivity (Wildman–Crippen MR) is 70.1 cm³/mol. The zero-order valence-electron chi connectivity index (χ0n) is 11.0. The molecule has 1 unspecified atom stereocenters. The van der Waals surface area contributed by atoms with Crippen molar-refractivity contribution in [2.75, 3.05) is 26.2 Å². The third-order valence-electron chi connectivity index (χ3n) is 3.53. The van der Waals surface area contributed by atoms with Gasteiger partial charge in [0.2, 0.25) is 0 Å². The van der Waals surface area contributed by atoms with E-state index in [0.717, 1.165) is 13.0 Å². The van der Waals surface area contributed by atoms with Gasteiger partial charge in [-0.05, 0) is 37.9 Å². The highest BCUT2D eigenvalue weighted by Crippen LogP contribution is 2.06. The summed E-state index contributed by atoms with van der Waals surface area (Å²) < 4.78 is 1.88. The molecule has 96 valence electrons. The van der Waals surface area contributed by atoms with Crippen molar-refractivity contribution < 1.29 is 0 Å². The fraction of sp³-hybridized carbons (Fsp3) is 0.769. The molecule has 1 aliphatic heterocycles. The van der Waals surface area contributed by atoms with Gasteiger partial charge < -0.3 is 10.2 Å². The van der Waals surface area contributed by atoms with Gasteiger partial charge in [0.1, 0.15) is 0 Å². The van der Waals surface area contributed by atoms with Crippen molar-refractivity contribution in [3.8, 4) is 0 Å². The van der Waals surface area contributed by atoms with Gasteiger partial charge in [-0.1, -0.05) is 6.92 Å². The Balaban J connectivity index is 1.81. The number of aryl methyl sites for hydroxylation is 1. The smallest absolute Gasteiger partial charge is 0.0522 e. The van der Waals surface area contributed by atoms with E-state index in [-0.39, 0.29) is 0 Å². The quantitative estimate of drug-likeness (QED) is 0.848. The summed E-state index contributed by atoms with van der Waals surface area (Å²) in [6, 6.07) is 0.673. The number of nitrogens with zero attached hydrogens (tertiary/aromatic N) is 3. The molecule has 1 aromatic rings. The molecule has 2 rings (SSSR count). The van der Waals surface area contributed by atoms with Crippen LogP contribution in [0.2, 0.25) is 0 Å². The number of hydrogen-bond donors (Lipinski definition) is 1. The van der Waals surface area contributed by atoms with Crippen molar-refractivity contribution in [3.05, 3.63) is 18.0 Å². The summed E-state index contributed by atoms with van der Waals surface area (Å²) in [6.45, 7) is 7.01. The van der Waals surface area contributed by atoms with Gasteiger partial charge in [-0.15, -0.1) is 0 Å². The van der Waals surface area contributed by atoms with Gasteiger partial charge in [0.15, 0.2) is 0 Å². The standard InChI is InChI=1S/C13H24N4/c1-3-13-11-17(7-4-6-14-13)8-5-12-9-15-16(2)10-12/h9-10,13-14H,3-8,11H2,1-2H3. The monoisotopic (exact) mass is 236 g/mol. The van der Waals surface area contributed by atoms with Crippen LogP contribution in [0.15, 0.2) is 12.4 Å². The molecule has 1 N–H and O–H groups in total. The van der Waals surface area contributed by atoms with Crippen LogP contribution in [0.3, 0.4) is 0 Å². The molecule has 2 heterocycles. The second-order valence-corrected chi connectivity index (χ2v) is 4.99. The Bertz CT molecular complexity index is 334. The molecule has 1 atom stereocenters. The third-order valence-corrected chi connectivity index (χ3v) is 3.53. The summed E-state index contributed by atoms with van der Waals surface area (Å²) in [6.07, 6.45) is 7.71. The van der Waals surface area contributed by atoms with Gasteiger partial charge in [0.05, 0.1) is 6.20 Å². The Morgan fingerprint density at radius 1 is 1.53 bits per heavy atom. The van der Waals surface area contributed by atoms with E-state index in [1.54, 1.807) is 0 Å². The van der Waals surface area contributed by atoms with Crippen molar-refractivity contribution in [2.24, 2.45) is 7.05 Å². The molecule has 1 saturated heterocycles. The maximum absolute atomic E-state index is 4.22. The summed E-state index contributed by atoms with van der Waals surface area (Å²) >= 11 is 0. The van der Waals surface area contributed by atoms with Crippen LogP contribution in [0.5, 0.6) is 0 Å². The lowest BCUT2D eigenvalue weighted by molar-refractivity contribution is 0.268. The third kappa shape index (κ3) is 3.82. The first kappa shape index (κ1) is 12.6. The molecule has 0 aliphatic carbocycles. The highest BCUT2D eigenvalue weighted by molar-refractivity contribution is 5.04. The number of hydrogen-bond acceptors (Lipinski definition) is 3. The van der Waals surface area contributed by atoms with E-state index in [1.165, 1.54) is 38.0 Å². The average molecular weight is 236 g/mol. The van der Waals surface area contributed by atoms with Crippen LogP contribution < -0.4 is 5.32 Å². The van der Waals surface area contributed by atoms with Gasteiger partial charge >= 0.3 is 0 Å². The summed E-state index contributed by atoms with van der Waals surface area (Å²) in [4.78, 5) is 2.58. The molecular weight excluding hydrogens is 212 g/mol. The fourth-order valence-electron chi connectivity index (χ4n) is 2.44. The lowest BCUT2D eigenvalue weighted by atomic mass is 10.2. The van der Waals surface area contributed by atoms with E-state index < -0.39 is 0 Å². The van der Waals surface area contributed by atoms with Crippen molar-refractivity contribution in [3.63, 3.8) is 0 Å². The highest BCUT2D eigenvalue weighted by atomic mass is 15.2. The molecule has 17 heavy (non-hydrogen) atoms.